The highest BCUT2D eigenvalue weighted by atomic mass is 19.4. The van der Waals surface area contributed by atoms with Crippen molar-refractivity contribution in [1.29, 1.82) is 0 Å². The minimum atomic E-state index is -4.53. The Balaban J connectivity index is 2.07. The molecule has 4 nitrogen and oxygen atoms in total. The van der Waals surface area contributed by atoms with Gasteiger partial charge in [-0.1, -0.05) is 0 Å². The zero-order chi connectivity index (χ0) is 14.9. The van der Waals surface area contributed by atoms with Gasteiger partial charge in [0.2, 0.25) is 5.91 Å². The molecular formula is C13H15F3N2O2. The van der Waals surface area contributed by atoms with E-state index in [4.69, 9.17) is 0 Å². The summed E-state index contributed by atoms with van der Waals surface area (Å²) in [5, 5.41) is 2.70. The van der Waals surface area contributed by atoms with E-state index in [9.17, 15) is 22.8 Å². The molecule has 1 atom stereocenters. The summed E-state index contributed by atoms with van der Waals surface area (Å²) < 4.78 is 38.4. The van der Waals surface area contributed by atoms with Crippen molar-refractivity contribution >= 4 is 5.91 Å². The lowest BCUT2D eigenvalue weighted by Crippen LogP contribution is -2.38. The van der Waals surface area contributed by atoms with Gasteiger partial charge in [-0.15, -0.1) is 0 Å². The molecular weight excluding hydrogens is 273 g/mol. The van der Waals surface area contributed by atoms with Crippen LogP contribution in [-0.2, 0) is 17.5 Å². The molecule has 7 heteroatoms. The fraction of sp³-hybridized carbons (Fsp3) is 0.538. The molecule has 1 aromatic heterocycles. The van der Waals surface area contributed by atoms with Crippen LogP contribution in [0.4, 0.5) is 13.2 Å². The molecule has 1 aliphatic rings. The predicted molar refractivity (Wildman–Crippen MR) is 66.0 cm³/mol. The summed E-state index contributed by atoms with van der Waals surface area (Å²) >= 11 is 0. The Bertz CT molecular complexity index is 561. The first kappa shape index (κ1) is 14.6. The summed E-state index contributed by atoms with van der Waals surface area (Å²) in [6.07, 6.45) is -1.77. The highest BCUT2D eigenvalue weighted by Gasteiger charge is 2.31. The maximum atomic E-state index is 12.5. The number of hydrogen-bond acceptors (Lipinski definition) is 2. The number of alkyl halides is 3. The van der Waals surface area contributed by atoms with Crippen molar-refractivity contribution in [3.8, 4) is 0 Å². The molecule has 1 aromatic rings. The molecule has 1 fully saturated rings. The molecule has 0 saturated heterocycles. The van der Waals surface area contributed by atoms with Gasteiger partial charge < -0.3 is 9.88 Å². The first-order valence-electron chi connectivity index (χ1n) is 6.34. The van der Waals surface area contributed by atoms with E-state index in [2.05, 4.69) is 5.32 Å². The molecule has 20 heavy (non-hydrogen) atoms. The number of nitrogens with one attached hydrogen (secondary N) is 1. The van der Waals surface area contributed by atoms with Gasteiger partial charge in [-0.25, -0.2) is 0 Å². The van der Waals surface area contributed by atoms with Crippen molar-refractivity contribution in [2.45, 2.75) is 38.5 Å². The number of nitrogens with zero attached hydrogens (tertiary/aromatic N) is 1. The lowest BCUT2D eigenvalue weighted by atomic mass is 10.2. The van der Waals surface area contributed by atoms with Crippen LogP contribution in [0.5, 0.6) is 0 Å². The summed E-state index contributed by atoms with van der Waals surface area (Å²) in [5.41, 5.74) is -1.58. The quantitative estimate of drug-likeness (QED) is 0.918. The lowest BCUT2D eigenvalue weighted by Gasteiger charge is -2.14. The van der Waals surface area contributed by atoms with Crippen LogP contribution in [0, 0.1) is 5.92 Å². The Kier molecular flexibility index (Phi) is 3.87. The number of aromatic nitrogens is 1. The second kappa shape index (κ2) is 5.30. The Morgan fingerprint density at radius 2 is 2.10 bits per heavy atom. The molecule has 1 N–H and O–H groups in total. The van der Waals surface area contributed by atoms with E-state index in [0.29, 0.717) is 18.2 Å². The highest BCUT2D eigenvalue weighted by molar-refractivity contribution is 5.76. The van der Waals surface area contributed by atoms with Crippen molar-refractivity contribution in [2.24, 2.45) is 5.92 Å². The minimum Gasteiger partial charge on any atom is -0.352 e. The fourth-order valence-corrected chi connectivity index (χ4v) is 1.99. The molecule has 0 bridgehead atoms. The number of carbonyl (C=O) groups excluding carboxylic acids is 1. The predicted octanol–water partition coefficient (Wildman–Crippen LogP) is 1.78. The molecule has 1 saturated carbocycles. The van der Waals surface area contributed by atoms with Crippen LogP contribution in [0.2, 0.25) is 0 Å². The second-order valence-corrected chi connectivity index (χ2v) is 5.08. The minimum absolute atomic E-state index is 0.0102. The van der Waals surface area contributed by atoms with E-state index >= 15 is 0 Å². The van der Waals surface area contributed by atoms with E-state index in [-0.39, 0.29) is 6.04 Å². The van der Waals surface area contributed by atoms with Crippen LogP contribution in [0.15, 0.2) is 23.1 Å². The van der Waals surface area contributed by atoms with Gasteiger partial charge in [0.25, 0.3) is 5.56 Å². The number of hydrogen-bond donors (Lipinski definition) is 1. The van der Waals surface area contributed by atoms with Gasteiger partial charge in [0.15, 0.2) is 0 Å². The van der Waals surface area contributed by atoms with E-state index in [1.807, 2.05) is 6.92 Å². The molecule has 1 amide bonds. The summed E-state index contributed by atoms with van der Waals surface area (Å²) in [7, 11) is 0. The van der Waals surface area contributed by atoms with Crippen LogP contribution in [0.25, 0.3) is 0 Å². The first-order chi connectivity index (χ1) is 9.27. The molecule has 0 spiro atoms. The molecule has 110 valence electrons. The maximum Gasteiger partial charge on any atom is 0.417 e. The van der Waals surface area contributed by atoms with E-state index < -0.39 is 29.8 Å². The summed E-state index contributed by atoms with van der Waals surface area (Å²) in [5.74, 6) is -0.0111. The standard InChI is InChI=1S/C13H15F3N2O2/c1-8(9-2-3-9)17-11(19)7-18-6-10(13(14,15)16)4-5-12(18)20/h4-6,8-9H,2-3,7H2,1H3,(H,17,19)/t8-/m1/s1. The molecule has 2 rings (SSSR count). The van der Waals surface area contributed by atoms with Crippen LogP contribution < -0.4 is 10.9 Å². The Morgan fingerprint density at radius 3 is 2.65 bits per heavy atom. The van der Waals surface area contributed by atoms with Crippen molar-refractivity contribution in [3.63, 3.8) is 0 Å². The maximum absolute atomic E-state index is 12.5. The fourth-order valence-electron chi connectivity index (χ4n) is 1.99. The van der Waals surface area contributed by atoms with E-state index in [1.54, 1.807) is 0 Å². The zero-order valence-electron chi connectivity index (χ0n) is 10.9. The van der Waals surface area contributed by atoms with Gasteiger partial charge >= 0.3 is 6.18 Å². The summed E-state index contributed by atoms with van der Waals surface area (Å²) in [6, 6.07) is 1.52. The van der Waals surface area contributed by atoms with Crippen LogP contribution in [-0.4, -0.2) is 16.5 Å². The Labute approximate surface area is 113 Å². The van der Waals surface area contributed by atoms with Crippen molar-refractivity contribution in [3.05, 3.63) is 34.2 Å². The summed E-state index contributed by atoms with van der Waals surface area (Å²) in [6.45, 7) is 1.45. The number of amides is 1. The zero-order valence-corrected chi connectivity index (χ0v) is 10.9. The molecule has 1 aliphatic carbocycles. The summed E-state index contributed by atoms with van der Waals surface area (Å²) in [4.78, 5) is 23.2. The largest absolute Gasteiger partial charge is 0.417 e. The third kappa shape index (κ3) is 3.61. The SMILES string of the molecule is C[C@@H](NC(=O)Cn1cc(C(F)(F)F)ccc1=O)C1CC1. The molecule has 0 unspecified atom stereocenters. The van der Waals surface area contributed by atoms with Gasteiger partial charge in [-0.2, -0.15) is 13.2 Å². The monoisotopic (exact) mass is 288 g/mol. The molecule has 1 heterocycles. The van der Waals surface area contributed by atoms with Crippen LogP contribution >= 0.6 is 0 Å². The Morgan fingerprint density at radius 1 is 1.45 bits per heavy atom. The van der Waals surface area contributed by atoms with Crippen molar-refractivity contribution in [1.82, 2.24) is 9.88 Å². The number of halogens is 3. The van der Waals surface area contributed by atoms with Gasteiger partial charge in [0.1, 0.15) is 6.54 Å². The van der Waals surface area contributed by atoms with Gasteiger partial charge in [-0.05, 0) is 31.7 Å². The van der Waals surface area contributed by atoms with Gasteiger partial charge in [0, 0.05) is 18.3 Å². The first-order valence-corrected chi connectivity index (χ1v) is 6.34. The molecule has 0 aliphatic heterocycles. The highest BCUT2D eigenvalue weighted by Crippen LogP contribution is 2.32. The van der Waals surface area contributed by atoms with Crippen molar-refractivity contribution in [2.75, 3.05) is 0 Å². The molecule has 0 aromatic carbocycles. The van der Waals surface area contributed by atoms with E-state index in [0.717, 1.165) is 23.5 Å². The third-order valence-corrected chi connectivity index (χ3v) is 3.34. The van der Waals surface area contributed by atoms with Crippen LogP contribution in [0.1, 0.15) is 25.3 Å². The second-order valence-electron chi connectivity index (χ2n) is 5.08. The van der Waals surface area contributed by atoms with Crippen LogP contribution in [0.3, 0.4) is 0 Å². The average Bonchev–Trinajstić information content (AvgIpc) is 3.14. The number of pyridine rings is 1. The Hall–Kier alpha value is -1.79. The normalized spacial score (nSPS) is 16.8. The third-order valence-electron chi connectivity index (χ3n) is 3.34. The average molecular weight is 288 g/mol. The lowest BCUT2D eigenvalue weighted by molar-refractivity contribution is -0.138. The number of carbonyl (C=O) groups is 1. The van der Waals surface area contributed by atoms with Gasteiger partial charge in [0.05, 0.1) is 5.56 Å². The smallest absolute Gasteiger partial charge is 0.352 e. The van der Waals surface area contributed by atoms with E-state index in [1.165, 1.54) is 0 Å². The number of rotatable bonds is 4. The van der Waals surface area contributed by atoms with Gasteiger partial charge in [-0.3, -0.25) is 9.59 Å². The topological polar surface area (TPSA) is 51.1 Å². The van der Waals surface area contributed by atoms with Crippen molar-refractivity contribution < 1.29 is 18.0 Å². The molecule has 0 radical (unpaired) electrons.